The van der Waals surface area contributed by atoms with Gasteiger partial charge in [0.25, 0.3) is 5.91 Å². The van der Waals surface area contributed by atoms with Crippen molar-refractivity contribution in [3.8, 4) is 11.5 Å². The van der Waals surface area contributed by atoms with Crippen molar-refractivity contribution in [1.82, 2.24) is 10.2 Å². The molecule has 1 saturated heterocycles. The molecular formula is C25H19BrClFN2O4. The summed E-state index contributed by atoms with van der Waals surface area (Å²) < 4.78 is 25.0. The molecule has 0 unspecified atom stereocenters. The normalized spacial score (nSPS) is 14.5. The highest BCUT2D eigenvalue weighted by Gasteiger charge is 2.33. The van der Waals surface area contributed by atoms with Gasteiger partial charge in [-0.2, -0.15) is 0 Å². The zero-order chi connectivity index (χ0) is 24.2. The molecule has 6 nitrogen and oxygen atoms in total. The Balaban J connectivity index is 1.52. The second-order valence-corrected chi connectivity index (χ2v) is 8.75. The number of ether oxygens (including phenoxy) is 2. The lowest BCUT2D eigenvalue weighted by Gasteiger charge is -2.14. The van der Waals surface area contributed by atoms with Crippen LogP contribution < -0.4 is 14.8 Å². The molecule has 34 heavy (non-hydrogen) atoms. The summed E-state index contributed by atoms with van der Waals surface area (Å²) in [5.41, 5.74) is 2.34. The predicted octanol–water partition coefficient (Wildman–Crippen LogP) is 5.92. The maximum absolute atomic E-state index is 13.1. The SMILES string of the molecule is COc1cc(/C=C2\NC(=O)N(Cc3ccc(Cl)cc3)C2=O)cc(Br)c1OCc1ccc(F)cc1. The van der Waals surface area contributed by atoms with E-state index in [4.69, 9.17) is 21.1 Å². The van der Waals surface area contributed by atoms with Gasteiger partial charge in [0.05, 0.1) is 18.1 Å². The monoisotopic (exact) mass is 544 g/mol. The number of urea groups is 1. The van der Waals surface area contributed by atoms with Gasteiger partial charge in [-0.25, -0.2) is 9.18 Å². The molecule has 0 saturated carbocycles. The van der Waals surface area contributed by atoms with Crippen LogP contribution in [0, 0.1) is 5.82 Å². The minimum Gasteiger partial charge on any atom is -0.493 e. The summed E-state index contributed by atoms with van der Waals surface area (Å²) in [6.07, 6.45) is 1.57. The Morgan fingerprint density at radius 1 is 1.06 bits per heavy atom. The molecule has 1 heterocycles. The van der Waals surface area contributed by atoms with E-state index in [-0.39, 0.29) is 24.7 Å². The summed E-state index contributed by atoms with van der Waals surface area (Å²) in [4.78, 5) is 26.4. The fraction of sp³-hybridized carbons (Fsp3) is 0.120. The molecule has 3 aromatic carbocycles. The summed E-state index contributed by atoms with van der Waals surface area (Å²) in [6, 6.07) is 15.9. The zero-order valence-electron chi connectivity index (χ0n) is 18.0. The van der Waals surface area contributed by atoms with E-state index in [1.165, 1.54) is 19.2 Å². The number of nitrogens with zero attached hydrogens (tertiary/aromatic N) is 1. The quantitative estimate of drug-likeness (QED) is 0.296. The van der Waals surface area contributed by atoms with Crippen LogP contribution in [-0.4, -0.2) is 23.9 Å². The Labute approximate surface area is 209 Å². The molecule has 0 atom stereocenters. The lowest BCUT2D eigenvalue weighted by atomic mass is 10.1. The Morgan fingerprint density at radius 2 is 1.74 bits per heavy atom. The third-order valence-corrected chi connectivity index (χ3v) is 5.92. The largest absolute Gasteiger partial charge is 0.493 e. The van der Waals surface area contributed by atoms with Crippen LogP contribution in [0.15, 0.2) is 70.8 Å². The number of nitrogens with one attached hydrogen (secondary N) is 1. The summed E-state index contributed by atoms with van der Waals surface area (Å²) in [5, 5.41) is 3.19. The fourth-order valence-electron chi connectivity index (χ4n) is 3.35. The van der Waals surface area contributed by atoms with Crippen molar-refractivity contribution >= 4 is 45.5 Å². The van der Waals surface area contributed by atoms with Gasteiger partial charge >= 0.3 is 6.03 Å². The Kier molecular flexibility index (Phi) is 7.19. The number of benzene rings is 3. The molecule has 0 spiro atoms. The van der Waals surface area contributed by atoms with Gasteiger partial charge in [-0.15, -0.1) is 0 Å². The zero-order valence-corrected chi connectivity index (χ0v) is 20.3. The van der Waals surface area contributed by atoms with Crippen LogP contribution >= 0.6 is 27.5 Å². The van der Waals surface area contributed by atoms with Crippen molar-refractivity contribution in [3.63, 3.8) is 0 Å². The Morgan fingerprint density at radius 3 is 2.41 bits per heavy atom. The Hall–Kier alpha value is -3.36. The molecule has 1 aliphatic rings. The fourth-order valence-corrected chi connectivity index (χ4v) is 4.05. The van der Waals surface area contributed by atoms with Gasteiger partial charge in [0.2, 0.25) is 0 Å². The smallest absolute Gasteiger partial charge is 0.329 e. The lowest BCUT2D eigenvalue weighted by molar-refractivity contribution is -0.123. The highest BCUT2D eigenvalue weighted by atomic mass is 79.9. The van der Waals surface area contributed by atoms with Crippen molar-refractivity contribution in [1.29, 1.82) is 0 Å². The van der Waals surface area contributed by atoms with E-state index in [0.29, 0.717) is 26.6 Å². The second kappa shape index (κ2) is 10.3. The first kappa shape index (κ1) is 23.8. The molecule has 3 amide bonds. The Bertz CT molecular complexity index is 1260. The third kappa shape index (κ3) is 5.40. The highest BCUT2D eigenvalue weighted by molar-refractivity contribution is 9.10. The molecule has 4 rings (SSSR count). The number of methoxy groups -OCH3 is 1. The van der Waals surface area contributed by atoms with Crippen LogP contribution in [0.4, 0.5) is 9.18 Å². The van der Waals surface area contributed by atoms with E-state index < -0.39 is 11.9 Å². The number of hydrogen-bond donors (Lipinski definition) is 1. The van der Waals surface area contributed by atoms with E-state index in [9.17, 15) is 14.0 Å². The van der Waals surface area contributed by atoms with Gasteiger partial charge < -0.3 is 14.8 Å². The molecule has 1 fully saturated rings. The first-order chi connectivity index (χ1) is 16.3. The molecule has 0 bridgehead atoms. The molecule has 0 radical (unpaired) electrons. The average Bonchev–Trinajstić information content (AvgIpc) is 3.07. The van der Waals surface area contributed by atoms with Crippen LogP contribution in [0.2, 0.25) is 5.02 Å². The first-order valence-electron chi connectivity index (χ1n) is 10.2. The molecule has 174 valence electrons. The number of carbonyl (C=O) groups excluding carboxylic acids is 2. The van der Waals surface area contributed by atoms with Crippen molar-refractivity contribution < 1.29 is 23.5 Å². The van der Waals surface area contributed by atoms with Gasteiger partial charge in [0.15, 0.2) is 11.5 Å². The standard InChI is InChI=1S/C25H19BrClFN2O4/c1-33-22-12-17(10-20(26)23(22)34-14-16-4-8-19(28)9-5-16)11-21-24(31)30(25(32)29-21)13-15-2-6-18(27)7-3-15/h2-12H,13-14H2,1H3,(H,29,32)/b21-11-. The molecule has 3 aromatic rings. The van der Waals surface area contributed by atoms with Crippen LogP contribution in [0.3, 0.4) is 0 Å². The van der Waals surface area contributed by atoms with E-state index in [1.807, 2.05) is 0 Å². The van der Waals surface area contributed by atoms with E-state index in [1.54, 1.807) is 54.6 Å². The third-order valence-electron chi connectivity index (χ3n) is 5.08. The highest BCUT2D eigenvalue weighted by Crippen LogP contribution is 2.38. The molecule has 1 aliphatic heterocycles. The number of halogens is 3. The molecule has 9 heteroatoms. The summed E-state index contributed by atoms with van der Waals surface area (Å²) >= 11 is 9.37. The van der Waals surface area contributed by atoms with Gasteiger partial charge in [-0.1, -0.05) is 35.9 Å². The number of hydrogen-bond acceptors (Lipinski definition) is 4. The number of carbonyl (C=O) groups is 2. The van der Waals surface area contributed by atoms with E-state index in [0.717, 1.165) is 16.0 Å². The molecular weight excluding hydrogens is 527 g/mol. The number of rotatable bonds is 7. The van der Waals surface area contributed by atoms with Gasteiger partial charge in [-0.3, -0.25) is 9.69 Å². The van der Waals surface area contributed by atoms with E-state index in [2.05, 4.69) is 21.2 Å². The minimum absolute atomic E-state index is 0.127. The summed E-state index contributed by atoms with van der Waals surface area (Å²) in [7, 11) is 1.50. The van der Waals surface area contributed by atoms with Gasteiger partial charge in [0, 0.05) is 5.02 Å². The molecule has 1 N–H and O–H groups in total. The topological polar surface area (TPSA) is 67.9 Å². The number of imide groups is 1. The van der Waals surface area contributed by atoms with Crippen LogP contribution in [0.5, 0.6) is 11.5 Å². The predicted molar refractivity (Wildman–Crippen MR) is 130 cm³/mol. The molecule has 0 aromatic heterocycles. The first-order valence-corrected chi connectivity index (χ1v) is 11.3. The van der Waals surface area contributed by atoms with E-state index >= 15 is 0 Å². The van der Waals surface area contributed by atoms with Crippen LogP contribution in [-0.2, 0) is 17.9 Å². The molecule has 0 aliphatic carbocycles. The van der Waals surface area contributed by atoms with Gasteiger partial charge in [0.1, 0.15) is 18.1 Å². The van der Waals surface area contributed by atoms with Crippen molar-refractivity contribution in [2.75, 3.05) is 7.11 Å². The van der Waals surface area contributed by atoms with Gasteiger partial charge in [-0.05, 0) is 75.1 Å². The van der Waals surface area contributed by atoms with Crippen LogP contribution in [0.25, 0.3) is 6.08 Å². The van der Waals surface area contributed by atoms with Crippen LogP contribution in [0.1, 0.15) is 16.7 Å². The average molecular weight is 546 g/mol. The minimum atomic E-state index is -0.503. The number of amides is 3. The summed E-state index contributed by atoms with van der Waals surface area (Å²) in [5.74, 6) is 0.130. The summed E-state index contributed by atoms with van der Waals surface area (Å²) in [6.45, 7) is 0.340. The van der Waals surface area contributed by atoms with Crippen molar-refractivity contribution in [3.05, 3.63) is 98.4 Å². The maximum Gasteiger partial charge on any atom is 0.329 e. The van der Waals surface area contributed by atoms with Crippen molar-refractivity contribution in [2.24, 2.45) is 0 Å². The lowest BCUT2D eigenvalue weighted by Crippen LogP contribution is -2.30. The maximum atomic E-state index is 13.1. The van der Waals surface area contributed by atoms with Crippen molar-refractivity contribution in [2.45, 2.75) is 13.2 Å². The second-order valence-electron chi connectivity index (χ2n) is 7.46.